The molecule has 0 unspecified atom stereocenters. The monoisotopic (exact) mass is 738 g/mol. The van der Waals surface area contributed by atoms with E-state index in [2.05, 4.69) is 240 Å². The molecule has 0 spiro atoms. The van der Waals surface area contributed by atoms with Crippen LogP contribution in [-0.2, 0) is 0 Å². The van der Waals surface area contributed by atoms with Gasteiger partial charge < -0.3 is 9.47 Å². The predicted molar refractivity (Wildman–Crippen MR) is 247 cm³/mol. The van der Waals surface area contributed by atoms with Crippen LogP contribution in [0.25, 0.3) is 82.4 Å². The Kier molecular flexibility index (Phi) is 8.19. The van der Waals surface area contributed by atoms with Crippen molar-refractivity contribution in [2.45, 2.75) is 0 Å². The van der Waals surface area contributed by atoms with Gasteiger partial charge in [0.05, 0.1) is 16.7 Å². The third kappa shape index (κ3) is 5.82. The second-order valence-corrected chi connectivity index (χ2v) is 15.0. The zero-order valence-corrected chi connectivity index (χ0v) is 31.8. The van der Waals surface area contributed by atoms with Gasteiger partial charge in [-0.15, -0.1) is 0 Å². The lowest BCUT2D eigenvalue weighted by Crippen LogP contribution is -2.11. The van der Waals surface area contributed by atoms with Gasteiger partial charge in [0.1, 0.15) is 0 Å². The van der Waals surface area contributed by atoms with Gasteiger partial charge in [-0.25, -0.2) is 0 Å². The van der Waals surface area contributed by atoms with Gasteiger partial charge in [-0.1, -0.05) is 176 Å². The number of rotatable bonds is 7. The highest BCUT2D eigenvalue weighted by Gasteiger charge is 2.19. The molecule has 11 aromatic rings. The molecule has 2 heteroatoms. The van der Waals surface area contributed by atoms with Crippen LogP contribution in [0.5, 0.6) is 0 Å². The molecule has 0 atom stereocenters. The van der Waals surface area contributed by atoms with Crippen LogP contribution >= 0.6 is 0 Å². The molecule has 10 aromatic carbocycles. The summed E-state index contributed by atoms with van der Waals surface area (Å²) in [7, 11) is 0. The molecule has 1 aromatic heterocycles. The van der Waals surface area contributed by atoms with Gasteiger partial charge in [-0.2, -0.15) is 0 Å². The van der Waals surface area contributed by atoms with Crippen molar-refractivity contribution in [3.8, 4) is 39.1 Å². The maximum absolute atomic E-state index is 2.44. The van der Waals surface area contributed by atoms with Gasteiger partial charge in [0.25, 0.3) is 0 Å². The molecule has 0 N–H and O–H groups in total. The average molecular weight is 739 g/mol. The summed E-state index contributed by atoms with van der Waals surface area (Å²) in [5.41, 5.74) is 14.0. The third-order valence-corrected chi connectivity index (χ3v) is 11.6. The van der Waals surface area contributed by atoms with E-state index >= 15 is 0 Å². The van der Waals surface area contributed by atoms with Crippen molar-refractivity contribution in [1.82, 2.24) is 4.57 Å². The summed E-state index contributed by atoms with van der Waals surface area (Å²) in [4.78, 5) is 2.39. The number of para-hydroxylation sites is 2. The summed E-state index contributed by atoms with van der Waals surface area (Å²) in [5.74, 6) is 0. The molecule has 0 aliphatic heterocycles. The van der Waals surface area contributed by atoms with Gasteiger partial charge in [-0.3, -0.25) is 0 Å². The van der Waals surface area contributed by atoms with E-state index in [9.17, 15) is 0 Å². The Morgan fingerprint density at radius 1 is 0.310 bits per heavy atom. The fourth-order valence-corrected chi connectivity index (χ4v) is 8.74. The maximum Gasteiger partial charge on any atom is 0.0619 e. The van der Waals surface area contributed by atoms with E-state index in [0.29, 0.717) is 0 Å². The Labute approximate surface area is 338 Å². The molecule has 0 radical (unpaired) electrons. The first-order valence-electron chi connectivity index (χ1n) is 19.9. The van der Waals surface area contributed by atoms with Crippen LogP contribution in [0.4, 0.5) is 17.1 Å². The Balaban J connectivity index is 1.03. The summed E-state index contributed by atoms with van der Waals surface area (Å²) in [6, 6.07) is 83.6. The van der Waals surface area contributed by atoms with Gasteiger partial charge in [0.15, 0.2) is 0 Å². The molecule has 0 saturated carbocycles. The van der Waals surface area contributed by atoms with Crippen molar-refractivity contribution in [1.29, 1.82) is 0 Å². The van der Waals surface area contributed by atoms with Gasteiger partial charge >= 0.3 is 0 Å². The molecule has 0 saturated heterocycles. The zero-order chi connectivity index (χ0) is 38.4. The number of hydrogen-bond acceptors (Lipinski definition) is 1. The minimum atomic E-state index is 1.09. The Hall–Kier alpha value is -7.68. The molecule has 0 aliphatic carbocycles. The quantitative estimate of drug-likeness (QED) is 0.158. The maximum atomic E-state index is 2.44. The number of nitrogens with zero attached hydrogens (tertiary/aromatic N) is 2. The van der Waals surface area contributed by atoms with Crippen LogP contribution in [0, 0.1) is 0 Å². The molecule has 0 aliphatic rings. The number of aromatic nitrogens is 1. The SMILES string of the molecule is c1ccc(-c2ccccc2N(c2ccc(-c3ccc4ccccc4c3)cc2)c2ccc(-c3ccc4c5ccc6ccccc6c5n(-c5ccccc5)c4c3)cc2)cc1. The fourth-order valence-electron chi connectivity index (χ4n) is 8.74. The van der Waals surface area contributed by atoms with Gasteiger partial charge in [0, 0.05) is 38.8 Å². The summed E-state index contributed by atoms with van der Waals surface area (Å²) < 4.78 is 2.44. The molecule has 272 valence electrons. The normalized spacial score (nSPS) is 11.4. The van der Waals surface area contributed by atoms with E-state index in [0.717, 1.165) is 22.7 Å². The first kappa shape index (κ1) is 33.6. The van der Waals surface area contributed by atoms with E-state index < -0.39 is 0 Å². The number of benzene rings is 10. The molecule has 0 fully saturated rings. The van der Waals surface area contributed by atoms with E-state index in [4.69, 9.17) is 0 Å². The fraction of sp³-hybridized carbons (Fsp3) is 0. The van der Waals surface area contributed by atoms with Crippen LogP contribution in [0.3, 0.4) is 0 Å². The largest absolute Gasteiger partial charge is 0.310 e. The van der Waals surface area contributed by atoms with Crippen LogP contribution in [-0.4, -0.2) is 4.57 Å². The Morgan fingerprint density at radius 3 is 1.59 bits per heavy atom. The first-order chi connectivity index (χ1) is 28.8. The van der Waals surface area contributed by atoms with E-state index in [-0.39, 0.29) is 0 Å². The standard InChI is InChI=1S/C56H38N2/c1-3-14-42(15-4-1)50-20-11-12-22-54(50)57(48-31-25-40(26-32-48)45-24-23-39-13-7-8-17-44(39)37-45)49-33-27-41(28-34-49)46-30-35-52-53-36-29-43-16-9-10-21-51(43)56(53)58(55(52)38-46)47-18-5-2-6-19-47/h1-38H. The highest BCUT2D eigenvalue weighted by Crippen LogP contribution is 2.43. The van der Waals surface area contributed by atoms with Crippen molar-refractivity contribution < 1.29 is 0 Å². The second-order valence-electron chi connectivity index (χ2n) is 15.0. The molecule has 2 nitrogen and oxygen atoms in total. The second kappa shape index (κ2) is 14.1. The zero-order valence-electron chi connectivity index (χ0n) is 31.8. The minimum Gasteiger partial charge on any atom is -0.310 e. The van der Waals surface area contributed by atoms with Crippen LogP contribution in [0.1, 0.15) is 0 Å². The lowest BCUT2D eigenvalue weighted by atomic mass is 9.99. The molecule has 11 rings (SSSR count). The lowest BCUT2D eigenvalue weighted by Gasteiger charge is -2.28. The highest BCUT2D eigenvalue weighted by molar-refractivity contribution is 6.19. The minimum absolute atomic E-state index is 1.09. The third-order valence-electron chi connectivity index (χ3n) is 11.6. The molecule has 0 bridgehead atoms. The summed E-state index contributed by atoms with van der Waals surface area (Å²) >= 11 is 0. The highest BCUT2D eigenvalue weighted by atomic mass is 15.1. The molecule has 58 heavy (non-hydrogen) atoms. The number of hydrogen-bond donors (Lipinski definition) is 0. The summed E-state index contributed by atoms with van der Waals surface area (Å²) in [6.45, 7) is 0. The number of fused-ring (bicyclic) bond motifs is 6. The molecule has 0 amide bonds. The van der Waals surface area contributed by atoms with Crippen molar-refractivity contribution in [3.63, 3.8) is 0 Å². The summed E-state index contributed by atoms with van der Waals surface area (Å²) in [6.07, 6.45) is 0. The van der Waals surface area contributed by atoms with Crippen molar-refractivity contribution in [3.05, 3.63) is 231 Å². The summed E-state index contributed by atoms with van der Waals surface area (Å²) in [5, 5.41) is 7.51. The van der Waals surface area contributed by atoms with Crippen molar-refractivity contribution >= 4 is 60.4 Å². The lowest BCUT2D eigenvalue weighted by molar-refractivity contribution is 1.19. The van der Waals surface area contributed by atoms with Crippen LogP contribution < -0.4 is 4.90 Å². The Morgan fingerprint density at radius 2 is 0.845 bits per heavy atom. The van der Waals surface area contributed by atoms with E-state index in [1.807, 2.05) is 0 Å². The number of anilines is 3. The first-order valence-corrected chi connectivity index (χ1v) is 19.9. The van der Waals surface area contributed by atoms with Gasteiger partial charge in [0.2, 0.25) is 0 Å². The van der Waals surface area contributed by atoms with Crippen molar-refractivity contribution in [2.75, 3.05) is 4.90 Å². The topological polar surface area (TPSA) is 8.17 Å². The van der Waals surface area contributed by atoms with E-state index in [1.54, 1.807) is 0 Å². The van der Waals surface area contributed by atoms with Crippen molar-refractivity contribution in [2.24, 2.45) is 0 Å². The predicted octanol–water partition coefficient (Wildman–Crippen LogP) is 15.6. The average Bonchev–Trinajstić information content (AvgIpc) is 3.64. The van der Waals surface area contributed by atoms with Crippen LogP contribution in [0.15, 0.2) is 231 Å². The molecule has 1 heterocycles. The molecular formula is C56H38N2. The van der Waals surface area contributed by atoms with Crippen LogP contribution in [0.2, 0.25) is 0 Å². The van der Waals surface area contributed by atoms with E-state index in [1.165, 1.54) is 76.7 Å². The molecular weight excluding hydrogens is 701 g/mol. The Bertz CT molecular complexity index is 3250. The smallest absolute Gasteiger partial charge is 0.0619 e. The van der Waals surface area contributed by atoms with Gasteiger partial charge in [-0.05, 0) is 98.6 Å².